The highest BCUT2D eigenvalue weighted by molar-refractivity contribution is 5.76. The van der Waals surface area contributed by atoms with Gasteiger partial charge in [-0.1, -0.05) is 19.9 Å². The van der Waals surface area contributed by atoms with Crippen LogP contribution in [0.15, 0.2) is 11.6 Å². The standard InChI is InChI=1S/C13H20O3/c1-9(2)8-11(5-4-10(3)14)12-6-7-13(15)16-12/h8-9,12H,4-7H2,1-3H3/b11-8+. The number of rotatable bonds is 5. The lowest BCUT2D eigenvalue weighted by molar-refractivity contribution is -0.140. The summed E-state index contributed by atoms with van der Waals surface area (Å²) in [4.78, 5) is 22.0. The molecule has 3 nitrogen and oxygen atoms in total. The molecule has 0 aromatic rings. The highest BCUT2D eigenvalue weighted by atomic mass is 16.5. The fourth-order valence-corrected chi connectivity index (χ4v) is 1.89. The van der Waals surface area contributed by atoms with Gasteiger partial charge in [-0.05, 0) is 31.3 Å². The molecule has 0 aromatic heterocycles. The third-order valence-corrected chi connectivity index (χ3v) is 2.61. The maximum atomic E-state index is 11.1. The Balaban J connectivity index is 2.64. The highest BCUT2D eigenvalue weighted by Crippen LogP contribution is 2.25. The number of hydrogen-bond donors (Lipinski definition) is 0. The van der Waals surface area contributed by atoms with Gasteiger partial charge in [0.05, 0.1) is 0 Å². The van der Waals surface area contributed by atoms with E-state index in [1.54, 1.807) is 6.92 Å². The van der Waals surface area contributed by atoms with Crippen molar-refractivity contribution in [3.05, 3.63) is 11.6 Å². The predicted molar refractivity (Wildman–Crippen MR) is 62.0 cm³/mol. The number of hydrogen-bond acceptors (Lipinski definition) is 3. The number of Topliss-reactive ketones (excluding diaryl/α,β-unsaturated/α-hetero) is 1. The van der Waals surface area contributed by atoms with E-state index in [9.17, 15) is 9.59 Å². The third-order valence-electron chi connectivity index (χ3n) is 2.61. The molecule has 1 fully saturated rings. The molecule has 1 rings (SSSR count). The Bertz CT molecular complexity index is 302. The van der Waals surface area contributed by atoms with Crippen LogP contribution in [0.1, 0.15) is 46.5 Å². The van der Waals surface area contributed by atoms with Crippen LogP contribution in [0.5, 0.6) is 0 Å². The Labute approximate surface area is 96.9 Å². The maximum Gasteiger partial charge on any atom is 0.306 e. The summed E-state index contributed by atoms with van der Waals surface area (Å²) in [5.74, 6) is 0.475. The average Bonchev–Trinajstić information content (AvgIpc) is 2.58. The van der Waals surface area contributed by atoms with Crippen molar-refractivity contribution in [1.29, 1.82) is 0 Å². The molecule has 1 atom stereocenters. The fourth-order valence-electron chi connectivity index (χ4n) is 1.89. The topological polar surface area (TPSA) is 43.4 Å². The van der Waals surface area contributed by atoms with Gasteiger partial charge in [0, 0.05) is 12.8 Å². The van der Waals surface area contributed by atoms with Gasteiger partial charge in [0.15, 0.2) is 0 Å². The molecule has 16 heavy (non-hydrogen) atoms. The number of carbonyl (C=O) groups is 2. The van der Waals surface area contributed by atoms with Crippen molar-refractivity contribution in [3.63, 3.8) is 0 Å². The molecule has 1 heterocycles. The molecule has 1 aliphatic rings. The van der Waals surface area contributed by atoms with Gasteiger partial charge in [0.2, 0.25) is 0 Å². The molecule has 1 unspecified atom stereocenters. The maximum absolute atomic E-state index is 11.1. The Kier molecular flexibility index (Phi) is 4.71. The van der Waals surface area contributed by atoms with E-state index >= 15 is 0 Å². The van der Waals surface area contributed by atoms with Crippen LogP contribution in [-0.4, -0.2) is 17.9 Å². The second-order valence-corrected chi connectivity index (χ2v) is 4.70. The molecule has 3 heteroatoms. The first-order valence-electron chi connectivity index (χ1n) is 5.88. The number of esters is 1. The Morgan fingerprint density at radius 2 is 2.19 bits per heavy atom. The van der Waals surface area contributed by atoms with Crippen LogP contribution in [-0.2, 0) is 14.3 Å². The van der Waals surface area contributed by atoms with Crippen LogP contribution < -0.4 is 0 Å². The van der Waals surface area contributed by atoms with Crippen LogP contribution in [0.2, 0.25) is 0 Å². The molecule has 0 spiro atoms. The van der Waals surface area contributed by atoms with Crippen molar-refractivity contribution in [2.24, 2.45) is 5.92 Å². The lowest BCUT2D eigenvalue weighted by atomic mass is 9.97. The third kappa shape index (κ3) is 4.17. The Morgan fingerprint density at radius 3 is 2.62 bits per heavy atom. The summed E-state index contributed by atoms with van der Waals surface area (Å²) in [7, 11) is 0. The summed E-state index contributed by atoms with van der Waals surface area (Å²) >= 11 is 0. The van der Waals surface area contributed by atoms with E-state index in [-0.39, 0.29) is 17.9 Å². The van der Waals surface area contributed by atoms with Crippen LogP contribution in [0.4, 0.5) is 0 Å². The quantitative estimate of drug-likeness (QED) is 0.532. The van der Waals surface area contributed by atoms with Gasteiger partial charge in [0.1, 0.15) is 11.9 Å². The minimum atomic E-state index is -0.123. The zero-order valence-electron chi connectivity index (χ0n) is 10.3. The van der Waals surface area contributed by atoms with Crippen molar-refractivity contribution in [2.45, 2.75) is 52.6 Å². The van der Waals surface area contributed by atoms with Crippen LogP contribution in [0.25, 0.3) is 0 Å². The smallest absolute Gasteiger partial charge is 0.306 e. The molecule has 0 radical (unpaired) electrons. The molecular weight excluding hydrogens is 204 g/mol. The van der Waals surface area contributed by atoms with E-state index in [1.807, 2.05) is 0 Å². The zero-order chi connectivity index (χ0) is 12.1. The van der Waals surface area contributed by atoms with Crippen molar-refractivity contribution < 1.29 is 14.3 Å². The molecule has 0 aromatic carbocycles. The monoisotopic (exact) mass is 224 g/mol. The minimum absolute atomic E-state index is 0.0887. The first-order valence-corrected chi connectivity index (χ1v) is 5.88. The number of ketones is 1. The largest absolute Gasteiger partial charge is 0.458 e. The second-order valence-electron chi connectivity index (χ2n) is 4.70. The second kappa shape index (κ2) is 5.83. The normalized spacial score (nSPS) is 21.4. The lowest BCUT2D eigenvalue weighted by Gasteiger charge is -2.15. The van der Waals surface area contributed by atoms with E-state index in [0.717, 1.165) is 12.0 Å². The fraction of sp³-hybridized carbons (Fsp3) is 0.692. The van der Waals surface area contributed by atoms with Crippen LogP contribution in [0.3, 0.4) is 0 Å². The molecule has 0 aliphatic carbocycles. The first-order chi connectivity index (χ1) is 7.49. The van der Waals surface area contributed by atoms with Gasteiger partial charge in [-0.2, -0.15) is 0 Å². The summed E-state index contributed by atoms with van der Waals surface area (Å²) in [5, 5.41) is 0. The summed E-state index contributed by atoms with van der Waals surface area (Å²) < 4.78 is 5.24. The van der Waals surface area contributed by atoms with E-state index in [1.165, 1.54) is 0 Å². The molecule has 0 bridgehead atoms. The molecule has 1 saturated heterocycles. The zero-order valence-corrected chi connectivity index (χ0v) is 10.3. The van der Waals surface area contributed by atoms with Crippen LogP contribution >= 0.6 is 0 Å². The summed E-state index contributed by atoms with van der Waals surface area (Å²) in [6, 6.07) is 0. The van der Waals surface area contributed by atoms with Crippen LogP contribution in [0, 0.1) is 5.92 Å². The van der Waals surface area contributed by atoms with Gasteiger partial charge in [-0.15, -0.1) is 0 Å². The number of ether oxygens (including phenoxy) is 1. The first kappa shape index (κ1) is 12.9. The SMILES string of the molecule is CC(=O)CC/C(=C\C(C)C)C1CCC(=O)O1. The summed E-state index contributed by atoms with van der Waals surface area (Å²) in [6.07, 6.45) is 4.54. The number of cyclic esters (lactones) is 1. The number of carbonyl (C=O) groups excluding carboxylic acids is 2. The van der Waals surface area contributed by atoms with Gasteiger partial charge in [0.25, 0.3) is 0 Å². The van der Waals surface area contributed by atoms with E-state index < -0.39 is 0 Å². The van der Waals surface area contributed by atoms with E-state index in [0.29, 0.717) is 25.2 Å². The highest BCUT2D eigenvalue weighted by Gasteiger charge is 2.26. The van der Waals surface area contributed by atoms with Gasteiger partial charge in [-0.25, -0.2) is 0 Å². The van der Waals surface area contributed by atoms with E-state index in [4.69, 9.17) is 4.74 Å². The van der Waals surface area contributed by atoms with Crippen molar-refractivity contribution >= 4 is 11.8 Å². The van der Waals surface area contributed by atoms with Gasteiger partial charge >= 0.3 is 5.97 Å². The van der Waals surface area contributed by atoms with Crippen molar-refractivity contribution in [3.8, 4) is 0 Å². The minimum Gasteiger partial charge on any atom is -0.458 e. The summed E-state index contributed by atoms with van der Waals surface area (Å²) in [5.41, 5.74) is 1.11. The average molecular weight is 224 g/mol. The van der Waals surface area contributed by atoms with Gasteiger partial charge < -0.3 is 9.53 Å². The molecule has 0 N–H and O–H groups in total. The molecule has 0 saturated carbocycles. The Hall–Kier alpha value is -1.12. The lowest BCUT2D eigenvalue weighted by Crippen LogP contribution is -2.12. The van der Waals surface area contributed by atoms with Crippen molar-refractivity contribution in [1.82, 2.24) is 0 Å². The molecule has 0 amide bonds. The molecule has 90 valence electrons. The number of allylic oxidation sites excluding steroid dienone is 1. The van der Waals surface area contributed by atoms with Crippen molar-refractivity contribution in [2.75, 3.05) is 0 Å². The molecule has 1 aliphatic heterocycles. The van der Waals surface area contributed by atoms with E-state index in [2.05, 4.69) is 19.9 Å². The Morgan fingerprint density at radius 1 is 1.50 bits per heavy atom. The molecular formula is C13H20O3. The predicted octanol–water partition coefficient (Wildman–Crippen LogP) is 2.64. The van der Waals surface area contributed by atoms with Gasteiger partial charge in [-0.3, -0.25) is 4.79 Å². The summed E-state index contributed by atoms with van der Waals surface area (Å²) in [6.45, 7) is 5.77.